The second kappa shape index (κ2) is 6.12. The molecule has 1 heterocycles. The molecular formula is C14H11F3O4S. The highest BCUT2D eigenvalue weighted by atomic mass is 32.2. The van der Waals surface area contributed by atoms with Crippen molar-refractivity contribution in [3.8, 4) is 0 Å². The molecule has 0 aromatic heterocycles. The number of esters is 1. The summed E-state index contributed by atoms with van der Waals surface area (Å²) >= 11 is 0.814. The minimum Gasteiger partial charge on any atom is -0.458 e. The van der Waals surface area contributed by atoms with Gasteiger partial charge < -0.3 is 4.74 Å². The van der Waals surface area contributed by atoms with Gasteiger partial charge in [-0.1, -0.05) is 12.1 Å². The van der Waals surface area contributed by atoms with Crippen LogP contribution in [0, 0.1) is 5.92 Å². The predicted molar refractivity (Wildman–Crippen MR) is 71.6 cm³/mol. The standard InChI is InChI=1S/C14H11F3O4S/c1-7(18)21-5-11(19)9-6-22-13-8(12(9)20)3-2-4-10(13)14(15,16)17/h2-4,9H,5-6H2,1H3. The molecule has 2 rings (SSSR count). The maximum Gasteiger partial charge on any atom is 0.417 e. The highest BCUT2D eigenvalue weighted by molar-refractivity contribution is 7.99. The molecule has 1 aliphatic rings. The molecule has 1 unspecified atom stereocenters. The van der Waals surface area contributed by atoms with Crippen LogP contribution in [-0.2, 0) is 20.5 Å². The lowest BCUT2D eigenvalue weighted by Crippen LogP contribution is -2.33. The summed E-state index contributed by atoms with van der Waals surface area (Å²) in [6.45, 7) is 0.566. The summed E-state index contributed by atoms with van der Waals surface area (Å²) in [7, 11) is 0. The summed E-state index contributed by atoms with van der Waals surface area (Å²) in [6.07, 6.45) is -4.56. The zero-order valence-corrected chi connectivity index (χ0v) is 12.2. The number of thioether (sulfide) groups is 1. The molecule has 118 valence electrons. The summed E-state index contributed by atoms with van der Waals surface area (Å²) < 4.78 is 43.3. The highest BCUT2D eigenvalue weighted by Gasteiger charge is 2.40. The molecule has 1 aromatic carbocycles. The largest absolute Gasteiger partial charge is 0.458 e. The number of hydrogen-bond donors (Lipinski definition) is 0. The van der Waals surface area contributed by atoms with Gasteiger partial charge in [0.1, 0.15) is 0 Å². The lowest BCUT2D eigenvalue weighted by atomic mass is 9.93. The van der Waals surface area contributed by atoms with E-state index in [1.54, 1.807) is 0 Å². The van der Waals surface area contributed by atoms with Crippen LogP contribution in [-0.4, -0.2) is 29.9 Å². The van der Waals surface area contributed by atoms with Gasteiger partial charge in [-0.05, 0) is 6.07 Å². The first kappa shape index (κ1) is 16.5. The molecule has 0 saturated heterocycles. The molecule has 0 bridgehead atoms. The van der Waals surface area contributed by atoms with E-state index in [-0.39, 0.29) is 16.2 Å². The lowest BCUT2D eigenvalue weighted by Gasteiger charge is -2.24. The Bertz CT molecular complexity index is 639. The first-order valence-electron chi connectivity index (χ1n) is 6.25. The Morgan fingerprint density at radius 3 is 2.64 bits per heavy atom. The second-order valence-corrected chi connectivity index (χ2v) is 5.68. The fourth-order valence-corrected chi connectivity index (χ4v) is 3.39. The number of benzene rings is 1. The summed E-state index contributed by atoms with van der Waals surface area (Å²) in [5, 5.41) is 0. The Balaban J connectivity index is 2.28. The number of carbonyl (C=O) groups excluding carboxylic acids is 3. The Kier molecular flexibility index (Phi) is 4.60. The van der Waals surface area contributed by atoms with Crippen molar-refractivity contribution in [2.45, 2.75) is 18.0 Å². The van der Waals surface area contributed by atoms with E-state index in [0.29, 0.717) is 0 Å². The molecule has 0 aliphatic carbocycles. The fraction of sp³-hybridized carbons (Fsp3) is 0.357. The van der Waals surface area contributed by atoms with E-state index in [0.717, 1.165) is 30.8 Å². The van der Waals surface area contributed by atoms with Crippen molar-refractivity contribution in [3.05, 3.63) is 29.3 Å². The van der Waals surface area contributed by atoms with Gasteiger partial charge in [-0.25, -0.2) is 0 Å². The van der Waals surface area contributed by atoms with Gasteiger partial charge in [-0.3, -0.25) is 14.4 Å². The topological polar surface area (TPSA) is 60.4 Å². The quantitative estimate of drug-likeness (QED) is 0.629. The summed E-state index contributed by atoms with van der Waals surface area (Å²) in [5.74, 6) is -3.14. The van der Waals surface area contributed by atoms with Crippen LogP contribution in [0.5, 0.6) is 0 Å². The number of hydrogen-bond acceptors (Lipinski definition) is 5. The van der Waals surface area contributed by atoms with E-state index < -0.39 is 41.8 Å². The van der Waals surface area contributed by atoms with Gasteiger partial charge in [0.15, 0.2) is 18.2 Å². The van der Waals surface area contributed by atoms with E-state index in [4.69, 9.17) is 0 Å². The van der Waals surface area contributed by atoms with Crippen LogP contribution in [0.25, 0.3) is 0 Å². The molecule has 0 amide bonds. The third kappa shape index (κ3) is 3.32. The molecule has 1 atom stereocenters. The summed E-state index contributed by atoms with van der Waals surface area (Å²) in [5.41, 5.74) is -0.999. The Hall–Kier alpha value is -1.83. The molecule has 0 saturated carbocycles. The van der Waals surface area contributed by atoms with Crippen LogP contribution in [0.4, 0.5) is 13.2 Å². The molecule has 1 aromatic rings. The third-order valence-electron chi connectivity index (χ3n) is 3.10. The first-order chi connectivity index (χ1) is 10.2. The zero-order valence-electron chi connectivity index (χ0n) is 11.4. The van der Waals surface area contributed by atoms with E-state index >= 15 is 0 Å². The average molecular weight is 332 g/mol. The van der Waals surface area contributed by atoms with Gasteiger partial charge in [0, 0.05) is 23.1 Å². The number of rotatable bonds is 3. The van der Waals surface area contributed by atoms with Gasteiger partial charge in [0.25, 0.3) is 0 Å². The van der Waals surface area contributed by atoms with Crippen molar-refractivity contribution < 1.29 is 32.3 Å². The van der Waals surface area contributed by atoms with Crippen molar-refractivity contribution >= 4 is 29.3 Å². The van der Waals surface area contributed by atoms with Crippen LogP contribution < -0.4 is 0 Å². The Labute approximate surface area is 128 Å². The van der Waals surface area contributed by atoms with Crippen molar-refractivity contribution in [2.75, 3.05) is 12.4 Å². The molecule has 0 radical (unpaired) electrons. The second-order valence-electron chi connectivity index (χ2n) is 4.65. The van der Waals surface area contributed by atoms with Gasteiger partial charge in [-0.2, -0.15) is 13.2 Å². The normalized spacial score (nSPS) is 17.8. The van der Waals surface area contributed by atoms with Crippen LogP contribution >= 0.6 is 11.8 Å². The molecule has 8 heteroatoms. The number of Topliss-reactive ketones (excluding diaryl/α,β-unsaturated/α-hetero) is 2. The Morgan fingerprint density at radius 1 is 1.36 bits per heavy atom. The number of ether oxygens (including phenoxy) is 1. The molecule has 0 fully saturated rings. The third-order valence-corrected chi connectivity index (χ3v) is 4.33. The van der Waals surface area contributed by atoms with Crippen LogP contribution in [0.1, 0.15) is 22.8 Å². The van der Waals surface area contributed by atoms with E-state index in [2.05, 4.69) is 4.74 Å². The molecule has 1 aliphatic heterocycles. The van der Waals surface area contributed by atoms with Gasteiger partial charge in [0.05, 0.1) is 11.5 Å². The van der Waals surface area contributed by atoms with E-state index in [9.17, 15) is 27.6 Å². The minimum absolute atomic E-state index is 0.0982. The zero-order chi connectivity index (χ0) is 16.5. The van der Waals surface area contributed by atoms with Gasteiger partial charge in [0.2, 0.25) is 0 Å². The maximum atomic E-state index is 12.9. The number of halogens is 3. The van der Waals surface area contributed by atoms with Crippen molar-refractivity contribution in [3.63, 3.8) is 0 Å². The van der Waals surface area contributed by atoms with Crippen LogP contribution in [0.3, 0.4) is 0 Å². The summed E-state index contributed by atoms with van der Waals surface area (Å²) in [6, 6.07) is 3.31. The van der Waals surface area contributed by atoms with Gasteiger partial charge in [-0.15, -0.1) is 11.8 Å². The number of alkyl halides is 3. The monoisotopic (exact) mass is 332 g/mol. The molecular weight excluding hydrogens is 321 g/mol. The molecule has 22 heavy (non-hydrogen) atoms. The number of ketones is 2. The van der Waals surface area contributed by atoms with Crippen molar-refractivity contribution in [1.29, 1.82) is 0 Å². The van der Waals surface area contributed by atoms with Crippen molar-refractivity contribution in [1.82, 2.24) is 0 Å². The van der Waals surface area contributed by atoms with Crippen molar-refractivity contribution in [2.24, 2.45) is 5.92 Å². The SMILES string of the molecule is CC(=O)OCC(=O)C1CSc2c(cccc2C(F)(F)F)C1=O. The minimum atomic E-state index is -4.56. The Morgan fingerprint density at radius 2 is 2.05 bits per heavy atom. The average Bonchev–Trinajstić information content (AvgIpc) is 2.43. The maximum absolute atomic E-state index is 12.9. The number of carbonyl (C=O) groups is 3. The highest BCUT2D eigenvalue weighted by Crippen LogP contribution is 2.42. The van der Waals surface area contributed by atoms with E-state index in [1.807, 2.05) is 0 Å². The predicted octanol–water partition coefficient (Wildman–Crippen LogP) is 2.74. The lowest BCUT2D eigenvalue weighted by molar-refractivity contribution is -0.146. The van der Waals surface area contributed by atoms with E-state index in [1.165, 1.54) is 6.07 Å². The van der Waals surface area contributed by atoms with Crippen LogP contribution in [0.15, 0.2) is 23.1 Å². The fourth-order valence-electron chi connectivity index (χ4n) is 2.05. The van der Waals surface area contributed by atoms with Crippen LogP contribution in [0.2, 0.25) is 0 Å². The molecule has 0 N–H and O–H groups in total. The summed E-state index contributed by atoms with van der Waals surface area (Å²) in [4.78, 5) is 34.6. The molecule has 0 spiro atoms. The van der Waals surface area contributed by atoms with Gasteiger partial charge >= 0.3 is 12.1 Å². The smallest absolute Gasteiger partial charge is 0.417 e. The molecule has 4 nitrogen and oxygen atoms in total. The number of fused-ring (bicyclic) bond motifs is 1. The first-order valence-corrected chi connectivity index (χ1v) is 7.23.